The number of fused-ring (bicyclic) bond motifs is 1. The summed E-state index contributed by atoms with van der Waals surface area (Å²) < 4.78 is 16.3. The number of carbonyl (C=O) groups excluding carboxylic acids is 1. The Hall–Kier alpha value is -3.92. The molecule has 1 aromatic heterocycles. The van der Waals surface area contributed by atoms with E-state index in [-0.39, 0.29) is 33.8 Å². The first kappa shape index (κ1) is 23.2. The monoisotopic (exact) mass is 467 g/mol. The third-order valence-corrected chi connectivity index (χ3v) is 5.96. The van der Waals surface area contributed by atoms with E-state index in [1.165, 1.54) is 32.4 Å². The minimum atomic E-state index is -0.412. The van der Waals surface area contributed by atoms with Gasteiger partial charge in [-0.3, -0.25) is 24.6 Å². The average Bonchev–Trinajstić information content (AvgIpc) is 2.86. The smallest absolute Gasteiger partial charge is 0.289 e. The first-order chi connectivity index (χ1) is 16.4. The Labute approximate surface area is 195 Å². The van der Waals surface area contributed by atoms with E-state index >= 15 is 0 Å². The molecule has 1 aliphatic heterocycles. The minimum Gasteiger partial charge on any atom is -0.496 e. The molecule has 0 bridgehead atoms. The Morgan fingerprint density at radius 2 is 1.76 bits per heavy atom. The zero-order valence-electron chi connectivity index (χ0n) is 19.0. The van der Waals surface area contributed by atoms with Gasteiger partial charge in [-0.2, -0.15) is 0 Å². The second-order valence-corrected chi connectivity index (χ2v) is 7.99. The lowest BCUT2D eigenvalue weighted by Gasteiger charge is -2.34. The van der Waals surface area contributed by atoms with Crippen LogP contribution in [0.15, 0.2) is 51.7 Å². The average molecular weight is 467 g/mol. The Kier molecular flexibility index (Phi) is 6.78. The molecule has 2 heterocycles. The highest BCUT2D eigenvalue weighted by Crippen LogP contribution is 2.29. The van der Waals surface area contributed by atoms with Crippen LogP contribution in [-0.4, -0.2) is 67.6 Å². The van der Waals surface area contributed by atoms with E-state index in [9.17, 15) is 19.7 Å². The zero-order valence-corrected chi connectivity index (χ0v) is 19.0. The number of non-ortho nitro benzene ring substituents is 1. The maximum Gasteiger partial charge on any atom is 0.289 e. The predicted molar refractivity (Wildman–Crippen MR) is 125 cm³/mol. The molecule has 0 unspecified atom stereocenters. The van der Waals surface area contributed by atoms with Gasteiger partial charge >= 0.3 is 0 Å². The Morgan fingerprint density at radius 1 is 1.06 bits per heavy atom. The molecule has 1 fully saturated rings. The highest BCUT2D eigenvalue weighted by molar-refractivity contribution is 5.94. The van der Waals surface area contributed by atoms with Gasteiger partial charge in [-0.1, -0.05) is 12.1 Å². The molecule has 178 valence electrons. The number of ether oxygens (including phenoxy) is 2. The van der Waals surface area contributed by atoms with Crippen LogP contribution in [-0.2, 0) is 6.42 Å². The molecular weight excluding hydrogens is 442 g/mol. The second-order valence-electron chi connectivity index (χ2n) is 7.99. The molecule has 3 aromatic rings. The van der Waals surface area contributed by atoms with Crippen molar-refractivity contribution in [2.45, 2.75) is 6.42 Å². The van der Waals surface area contributed by atoms with Gasteiger partial charge in [0.25, 0.3) is 11.6 Å². The number of amides is 1. The van der Waals surface area contributed by atoms with E-state index in [4.69, 9.17) is 13.9 Å². The molecule has 10 nitrogen and oxygen atoms in total. The van der Waals surface area contributed by atoms with Gasteiger partial charge in [0, 0.05) is 63.1 Å². The van der Waals surface area contributed by atoms with Crippen LogP contribution >= 0.6 is 0 Å². The van der Waals surface area contributed by atoms with Crippen molar-refractivity contribution < 1.29 is 23.6 Å². The third kappa shape index (κ3) is 4.86. The topological polar surface area (TPSA) is 115 Å². The van der Waals surface area contributed by atoms with Crippen molar-refractivity contribution in [3.05, 3.63) is 74.1 Å². The van der Waals surface area contributed by atoms with Crippen LogP contribution in [0, 0.1) is 10.1 Å². The molecule has 0 N–H and O–H groups in total. The van der Waals surface area contributed by atoms with E-state index in [1.807, 2.05) is 0 Å². The van der Waals surface area contributed by atoms with E-state index < -0.39 is 4.92 Å². The van der Waals surface area contributed by atoms with Gasteiger partial charge in [0.1, 0.15) is 22.5 Å². The summed E-state index contributed by atoms with van der Waals surface area (Å²) in [6.45, 7) is 3.14. The summed E-state index contributed by atoms with van der Waals surface area (Å²) in [6.07, 6.45) is 0.759. The van der Waals surface area contributed by atoms with Crippen LogP contribution in [0.3, 0.4) is 0 Å². The van der Waals surface area contributed by atoms with Crippen molar-refractivity contribution in [2.24, 2.45) is 0 Å². The number of methoxy groups -OCH3 is 2. The standard InChI is InChI=1S/C24H25N3O7/c1-32-18-13-20(33-2)23-19(28)15-22(34-21(23)14-18)24(29)26-11-9-25(10-12-26)8-7-16-3-5-17(6-4-16)27(30)31/h3-6,13-15H,7-12H2,1-2H3. The molecule has 0 atom stereocenters. The van der Waals surface area contributed by atoms with Gasteiger partial charge in [0.15, 0.2) is 11.2 Å². The summed E-state index contributed by atoms with van der Waals surface area (Å²) in [5.74, 6) is 0.422. The maximum atomic E-state index is 13.0. The summed E-state index contributed by atoms with van der Waals surface area (Å²) in [6, 6.07) is 10.9. The van der Waals surface area contributed by atoms with E-state index in [0.717, 1.165) is 18.5 Å². The highest BCUT2D eigenvalue weighted by atomic mass is 16.6. The molecule has 0 radical (unpaired) electrons. The van der Waals surface area contributed by atoms with Gasteiger partial charge < -0.3 is 18.8 Å². The van der Waals surface area contributed by atoms with Gasteiger partial charge in [-0.15, -0.1) is 0 Å². The number of carbonyl (C=O) groups is 1. The quantitative estimate of drug-likeness (QED) is 0.385. The first-order valence-corrected chi connectivity index (χ1v) is 10.8. The number of benzene rings is 2. The second kappa shape index (κ2) is 9.92. The normalized spacial score (nSPS) is 14.2. The lowest BCUT2D eigenvalue weighted by atomic mass is 10.1. The predicted octanol–water partition coefficient (Wildman–Crippen LogP) is 2.72. The fourth-order valence-electron chi connectivity index (χ4n) is 4.01. The van der Waals surface area contributed by atoms with Gasteiger partial charge in [-0.25, -0.2) is 0 Å². The SMILES string of the molecule is COc1cc(OC)c2c(=O)cc(C(=O)N3CCN(CCc4ccc([N+](=O)[O-])cc4)CC3)oc2c1. The number of piperazine rings is 1. The van der Waals surface area contributed by atoms with Crippen molar-refractivity contribution in [3.8, 4) is 11.5 Å². The lowest BCUT2D eigenvalue weighted by molar-refractivity contribution is -0.384. The zero-order chi connectivity index (χ0) is 24.2. The molecule has 0 aliphatic carbocycles. The summed E-state index contributed by atoms with van der Waals surface area (Å²) >= 11 is 0. The van der Waals surface area contributed by atoms with Crippen LogP contribution in [0.25, 0.3) is 11.0 Å². The van der Waals surface area contributed by atoms with E-state index in [1.54, 1.807) is 29.2 Å². The number of nitro benzene ring substituents is 1. The molecule has 10 heteroatoms. The summed E-state index contributed by atoms with van der Waals surface area (Å²) in [4.78, 5) is 40.0. The number of hydrogen-bond donors (Lipinski definition) is 0. The van der Waals surface area contributed by atoms with Crippen LogP contribution in [0.2, 0.25) is 0 Å². The number of rotatable bonds is 7. The summed E-state index contributed by atoms with van der Waals surface area (Å²) in [7, 11) is 2.95. The van der Waals surface area contributed by atoms with Gasteiger partial charge in [0.05, 0.1) is 19.1 Å². The summed E-state index contributed by atoms with van der Waals surface area (Å²) in [5.41, 5.74) is 0.973. The first-order valence-electron chi connectivity index (χ1n) is 10.8. The minimum absolute atomic E-state index is 0.0212. The molecule has 1 saturated heterocycles. The number of nitrogens with zero attached hydrogens (tertiary/aromatic N) is 3. The van der Waals surface area contributed by atoms with Crippen molar-refractivity contribution in [3.63, 3.8) is 0 Å². The van der Waals surface area contributed by atoms with Crippen LogP contribution in [0.5, 0.6) is 11.5 Å². The largest absolute Gasteiger partial charge is 0.496 e. The van der Waals surface area contributed by atoms with Crippen molar-refractivity contribution >= 4 is 22.6 Å². The van der Waals surface area contributed by atoms with E-state index in [0.29, 0.717) is 37.7 Å². The Balaban J connectivity index is 1.40. The molecule has 34 heavy (non-hydrogen) atoms. The molecular formula is C24H25N3O7. The van der Waals surface area contributed by atoms with Crippen molar-refractivity contribution in [1.29, 1.82) is 0 Å². The van der Waals surface area contributed by atoms with Crippen molar-refractivity contribution in [2.75, 3.05) is 46.9 Å². The molecule has 1 amide bonds. The summed E-state index contributed by atoms with van der Waals surface area (Å²) in [5, 5.41) is 11.0. The fourth-order valence-corrected chi connectivity index (χ4v) is 4.01. The Morgan fingerprint density at radius 3 is 2.38 bits per heavy atom. The van der Waals surface area contributed by atoms with Crippen molar-refractivity contribution in [1.82, 2.24) is 9.80 Å². The molecule has 0 saturated carbocycles. The Bertz CT molecular complexity index is 1260. The van der Waals surface area contributed by atoms with Gasteiger partial charge in [-0.05, 0) is 12.0 Å². The molecule has 1 aliphatic rings. The highest BCUT2D eigenvalue weighted by Gasteiger charge is 2.25. The van der Waals surface area contributed by atoms with Gasteiger partial charge in [0.2, 0.25) is 0 Å². The number of nitro groups is 1. The molecule has 0 spiro atoms. The fraction of sp³-hybridized carbons (Fsp3) is 0.333. The van der Waals surface area contributed by atoms with Crippen LogP contribution in [0.4, 0.5) is 5.69 Å². The van der Waals surface area contributed by atoms with Crippen LogP contribution < -0.4 is 14.9 Å². The number of hydrogen-bond acceptors (Lipinski definition) is 8. The maximum absolute atomic E-state index is 13.0. The van der Waals surface area contributed by atoms with E-state index in [2.05, 4.69) is 4.90 Å². The third-order valence-electron chi connectivity index (χ3n) is 5.96. The molecule has 4 rings (SSSR count). The lowest BCUT2D eigenvalue weighted by Crippen LogP contribution is -2.49. The molecule has 2 aromatic carbocycles. The van der Waals surface area contributed by atoms with Crippen LogP contribution in [0.1, 0.15) is 16.1 Å².